The third-order valence-electron chi connectivity index (χ3n) is 6.52. The number of aryl methyl sites for hydroxylation is 1. The molecule has 1 saturated carbocycles. The fourth-order valence-corrected chi connectivity index (χ4v) is 4.15. The molecule has 0 atom stereocenters. The summed E-state index contributed by atoms with van der Waals surface area (Å²) in [6.07, 6.45) is 3.39. The number of aromatic nitrogens is 3. The van der Waals surface area contributed by atoms with Gasteiger partial charge in [0.1, 0.15) is 28.8 Å². The Morgan fingerprint density at radius 3 is 2.34 bits per heavy atom. The van der Waals surface area contributed by atoms with Crippen molar-refractivity contribution in [2.45, 2.75) is 26.7 Å². The second kappa shape index (κ2) is 11.2. The van der Waals surface area contributed by atoms with Crippen molar-refractivity contribution in [3.05, 3.63) is 72.2 Å². The minimum atomic E-state index is -1.30. The standard InChI is InChI=1S/C28H25F2N5O6/c1-3-39-23(36)14-40-22-13-35-24(16(22)2)25(31-15-32-35)41-21-9-8-19(12-20(21)30)34-27(38)28(10-11-28)26(37)33-18-6-4-17(29)5-7-18/h4-9,12-13,15H,3,10-11,14H2,1-2H3,(H,33,37)(H,34,38). The van der Waals surface area contributed by atoms with E-state index in [0.717, 1.165) is 6.07 Å². The number of rotatable bonds is 10. The molecule has 2 aromatic carbocycles. The summed E-state index contributed by atoms with van der Waals surface area (Å²) >= 11 is 0. The first-order chi connectivity index (χ1) is 19.7. The van der Waals surface area contributed by atoms with E-state index >= 15 is 4.39 Å². The third kappa shape index (κ3) is 5.78. The molecule has 0 bridgehead atoms. The van der Waals surface area contributed by atoms with E-state index in [1.165, 1.54) is 53.4 Å². The summed E-state index contributed by atoms with van der Waals surface area (Å²) in [4.78, 5) is 41.5. The zero-order valence-electron chi connectivity index (χ0n) is 22.1. The minimum absolute atomic E-state index is 0.0357. The van der Waals surface area contributed by atoms with Crippen LogP contribution in [0.3, 0.4) is 0 Å². The maximum atomic E-state index is 15.1. The number of carbonyl (C=O) groups excluding carboxylic acids is 3. The zero-order valence-corrected chi connectivity index (χ0v) is 22.1. The predicted octanol–water partition coefficient (Wildman–Crippen LogP) is 4.41. The Hall–Kier alpha value is -5.07. The van der Waals surface area contributed by atoms with Crippen molar-refractivity contribution >= 4 is 34.7 Å². The number of hydrogen-bond donors (Lipinski definition) is 2. The van der Waals surface area contributed by atoms with Crippen LogP contribution in [0.25, 0.3) is 5.52 Å². The zero-order chi connectivity index (χ0) is 29.1. The van der Waals surface area contributed by atoms with Gasteiger partial charge in [-0.05, 0) is 63.1 Å². The number of anilines is 2. The van der Waals surface area contributed by atoms with Gasteiger partial charge in [-0.3, -0.25) is 9.59 Å². The lowest BCUT2D eigenvalue weighted by molar-refractivity contribution is -0.145. The molecular formula is C28H25F2N5O6. The first kappa shape index (κ1) is 27.5. The maximum Gasteiger partial charge on any atom is 0.344 e. The molecule has 5 rings (SSSR count). The smallest absolute Gasteiger partial charge is 0.344 e. The molecule has 1 fully saturated rings. The van der Waals surface area contributed by atoms with Gasteiger partial charge in [0.25, 0.3) is 0 Å². The highest BCUT2D eigenvalue weighted by atomic mass is 19.1. The summed E-state index contributed by atoms with van der Waals surface area (Å²) in [6.45, 7) is 3.33. The van der Waals surface area contributed by atoms with E-state index in [-0.39, 0.29) is 30.5 Å². The van der Waals surface area contributed by atoms with E-state index in [4.69, 9.17) is 14.2 Å². The van der Waals surface area contributed by atoms with Gasteiger partial charge in [0.2, 0.25) is 17.7 Å². The van der Waals surface area contributed by atoms with Crippen LogP contribution in [-0.2, 0) is 19.1 Å². The number of halogens is 2. The number of fused-ring (bicyclic) bond motifs is 1. The van der Waals surface area contributed by atoms with Crippen molar-refractivity contribution in [1.82, 2.24) is 14.6 Å². The third-order valence-corrected chi connectivity index (χ3v) is 6.52. The van der Waals surface area contributed by atoms with Crippen LogP contribution in [0, 0.1) is 24.0 Å². The molecule has 0 radical (unpaired) electrons. The topological polar surface area (TPSA) is 133 Å². The molecule has 0 spiro atoms. The van der Waals surface area contributed by atoms with E-state index in [1.54, 1.807) is 13.8 Å². The van der Waals surface area contributed by atoms with E-state index in [0.29, 0.717) is 35.4 Å². The highest BCUT2D eigenvalue weighted by molar-refractivity contribution is 6.16. The first-order valence-corrected chi connectivity index (χ1v) is 12.7. The normalized spacial score (nSPS) is 13.4. The molecule has 2 aromatic heterocycles. The quantitative estimate of drug-likeness (QED) is 0.214. The number of hydrogen-bond acceptors (Lipinski definition) is 8. The average Bonchev–Trinajstić information content (AvgIpc) is 3.70. The maximum absolute atomic E-state index is 15.1. The van der Waals surface area contributed by atoms with Crippen LogP contribution in [0.2, 0.25) is 0 Å². The number of amides is 2. The Bertz CT molecular complexity index is 1640. The van der Waals surface area contributed by atoms with Crippen molar-refractivity contribution in [3.8, 4) is 17.4 Å². The van der Waals surface area contributed by atoms with Gasteiger partial charge in [0.05, 0.1) is 12.8 Å². The number of esters is 1. The summed E-state index contributed by atoms with van der Waals surface area (Å²) in [5.74, 6) is -2.66. The van der Waals surface area contributed by atoms with Gasteiger partial charge < -0.3 is 24.8 Å². The molecule has 1 aliphatic carbocycles. The minimum Gasteiger partial charge on any atom is -0.480 e. The van der Waals surface area contributed by atoms with Crippen molar-refractivity contribution in [2.24, 2.45) is 5.41 Å². The van der Waals surface area contributed by atoms with Crippen LogP contribution in [0.4, 0.5) is 20.2 Å². The molecule has 0 aliphatic heterocycles. The van der Waals surface area contributed by atoms with Crippen molar-refractivity contribution in [1.29, 1.82) is 0 Å². The predicted molar refractivity (Wildman–Crippen MR) is 142 cm³/mol. The lowest BCUT2D eigenvalue weighted by atomic mass is 10.0. The van der Waals surface area contributed by atoms with Gasteiger partial charge >= 0.3 is 5.97 Å². The number of benzene rings is 2. The Balaban J connectivity index is 1.27. The Morgan fingerprint density at radius 1 is 1.00 bits per heavy atom. The first-order valence-electron chi connectivity index (χ1n) is 12.7. The Morgan fingerprint density at radius 2 is 1.68 bits per heavy atom. The van der Waals surface area contributed by atoms with Crippen LogP contribution in [0.15, 0.2) is 55.0 Å². The molecule has 2 heterocycles. The van der Waals surface area contributed by atoms with E-state index < -0.39 is 34.8 Å². The van der Waals surface area contributed by atoms with Gasteiger partial charge in [0, 0.05) is 23.0 Å². The van der Waals surface area contributed by atoms with Gasteiger partial charge in [-0.15, -0.1) is 0 Å². The molecule has 11 nitrogen and oxygen atoms in total. The molecule has 0 unspecified atom stereocenters. The van der Waals surface area contributed by atoms with Gasteiger partial charge in [-0.25, -0.2) is 18.1 Å². The largest absolute Gasteiger partial charge is 0.480 e. The van der Waals surface area contributed by atoms with Gasteiger partial charge in [-0.1, -0.05) is 0 Å². The van der Waals surface area contributed by atoms with Gasteiger partial charge in [-0.2, -0.15) is 10.1 Å². The molecule has 13 heteroatoms. The van der Waals surface area contributed by atoms with Gasteiger partial charge in [0.15, 0.2) is 18.2 Å². The molecule has 212 valence electrons. The van der Waals surface area contributed by atoms with Crippen LogP contribution in [0.1, 0.15) is 25.3 Å². The van der Waals surface area contributed by atoms with Crippen molar-refractivity contribution < 1.29 is 37.4 Å². The lowest BCUT2D eigenvalue weighted by Gasteiger charge is -2.16. The second-order valence-corrected chi connectivity index (χ2v) is 9.31. The molecular weight excluding hydrogens is 540 g/mol. The average molecular weight is 566 g/mol. The number of nitrogens with zero attached hydrogens (tertiary/aromatic N) is 3. The summed E-state index contributed by atoms with van der Waals surface area (Å²) in [5, 5.41) is 9.32. The summed E-state index contributed by atoms with van der Waals surface area (Å²) in [7, 11) is 0. The molecule has 2 N–H and O–H groups in total. The monoisotopic (exact) mass is 565 g/mol. The number of nitrogens with one attached hydrogen (secondary N) is 2. The Kier molecular flexibility index (Phi) is 7.51. The second-order valence-electron chi connectivity index (χ2n) is 9.31. The van der Waals surface area contributed by atoms with Crippen LogP contribution in [-0.4, -0.2) is 45.6 Å². The fraction of sp³-hybridized carbons (Fsp3) is 0.250. The highest BCUT2D eigenvalue weighted by Crippen LogP contribution is 2.47. The molecule has 41 heavy (non-hydrogen) atoms. The van der Waals surface area contributed by atoms with E-state index in [9.17, 15) is 18.8 Å². The van der Waals surface area contributed by atoms with E-state index in [1.807, 2.05) is 0 Å². The lowest BCUT2D eigenvalue weighted by Crippen LogP contribution is -2.35. The SMILES string of the molecule is CCOC(=O)COc1cn2ncnc(Oc3ccc(NC(=O)C4(C(=O)Nc5ccc(F)cc5)CC4)cc3F)c2c1C. The van der Waals surface area contributed by atoms with Crippen LogP contribution < -0.4 is 20.1 Å². The molecule has 0 saturated heterocycles. The van der Waals surface area contributed by atoms with Crippen LogP contribution in [0.5, 0.6) is 17.4 Å². The Labute approximate surface area is 232 Å². The molecule has 4 aromatic rings. The van der Waals surface area contributed by atoms with Crippen LogP contribution >= 0.6 is 0 Å². The van der Waals surface area contributed by atoms with Crippen molar-refractivity contribution in [2.75, 3.05) is 23.8 Å². The number of ether oxygens (including phenoxy) is 3. The summed E-state index contributed by atoms with van der Waals surface area (Å²) < 4.78 is 45.8. The molecule has 2 amide bonds. The summed E-state index contributed by atoms with van der Waals surface area (Å²) in [6, 6.07) is 9.01. The molecule has 1 aliphatic rings. The fourth-order valence-electron chi connectivity index (χ4n) is 4.15. The van der Waals surface area contributed by atoms with E-state index in [2.05, 4.69) is 20.7 Å². The summed E-state index contributed by atoms with van der Waals surface area (Å²) in [5.41, 5.74) is 0.139. The highest BCUT2D eigenvalue weighted by Gasteiger charge is 2.56. The number of carbonyl (C=O) groups is 3. The van der Waals surface area contributed by atoms with Crippen molar-refractivity contribution in [3.63, 3.8) is 0 Å².